The molecule has 0 spiro atoms. The Bertz CT molecular complexity index is 776. The Morgan fingerprint density at radius 1 is 1.14 bits per heavy atom. The second-order valence-electron chi connectivity index (χ2n) is 5.44. The summed E-state index contributed by atoms with van der Waals surface area (Å²) in [4.78, 5) is 25.6. The summed E-state index contributed by atoms with van der Waals surface area (Å²) >= 11 is 0. The molecule has 4 nitrogen and oxygen atoms in total. The van der Waals surface area contributed by atoms with Gasteiger partial charge in [0.05, 0.1) is 12.1 Å². The van der Waals surface area contributed by atoms with Gasteiger partial charge in [0, 0.05) is 11.1 Å². The van der Waals surface area contributed by atoms with Gasteiger partial charge >= 0.3 is 5.97 Å². The topological polar surface area (TPSA) is 46.6 Å². The average Bonchev–Trinajstić information content (AvgIpc) is 2.95. The van der Waals surface area contributed by atoms with Gasteiger partial charge in [-0.15, -0.1) is 0 Å². The number of rotatable bonds is 1. The van der Waals surface area contributed by atoms with Gasteiger partial charge in [-0.2, -0.15) is 0 Å². The molecule has 1 amide bonds. The summed E-state index contributed by atoms with van der Waals surface area (Å²) in [5.74, 6) is -1.01. The fraction of sp³-hybridized carbons (Fsp3) is 0.176. The van der Waals surface area contributed by atoms with Crippen LogP contribution in [0.1, 0.15) is 22.3 Å². The van der Waals surface area contributed by atoms with E-state index in [0.29, 0.717) is 16.8 Å². The summed E-state index contributed by atoms with van der Waals surface area (Å²) in [5, 5.41) is 0. The number of benzene rings is 2. The van der Waals surface area contributed by atoms with E-state index >= 15 is 4.39 Å². The Hall–Kier alpha value is -2.69. The first-order valence-electron chi connectivity index (χ1n) is 6.98. The largest absolute Gasteiger partial charge is 0.437 e. The summed E-state index contributed by atoms with van der Waals surface area (Å²) in [6.07, 6.45) is -1.60. The number of hydrogen-bond acceptors (Lipinski definition) is 3. The second kappa shape index (κ2) is 4.40. The maximum Gasteiger partial charge on any atom is 0.311 e. The van der Waals surface area contributed by atoms with Gasteiger partial charge in [-0.25, -0.2) is 4.39 Å². The van der Waals surface area contributed by atoms with E-state index in [0.717, 1.165) is 0 Å². The van der Waals surface area contributed by atoms with Crippen LogP contribution in [0.15, 0.2) is 54.6 Å². The van der Waals surface area contributed by atoms with Gasteiger partial charge in [0.25, 0.3) is 5.91 Å². The molecule has 110 valence electrons. The van der Waals surface area contributed by atoms with Gasteiger partial charge in [-0.05, 0) is 18.2 Å². The molecule has 1 saturated heterocycles. The number of para-hydroxylation sites is 1. The van der Waals surface area contributed by atoms with Crippen LogP contribution in [0.4, 0.5) is 10.1 Å². The van der Waals surface area contributed by atoms with Gasteiger partial charge in [0.15, 0.2) is 0 Å². The van der Waals surface area contributed by atoms with Crippen LogP contribution in [0.25, 0.3) is 0 Å². The molecule has 22 heavy (non-hydrogen) atoms. The molecule has 2 aliphatic rings. The first kappa shape index (κ1) is 13.0. The second-order valence-corrected chi connectivity index (χ2v) is 5.44. The number of amides is 1. The number of halogens is 1. The van der Waals surface area contributed by atoms with Crippen molar-refractivity contribution in [1.82, 2.24) is 0 Å². The zero-order chi connectivity index (χ0) is 15.3. The lowest BCUT2D eigenvalue weighted by Gasteiger charge is -2.25. The fourth-order valence-electron chi connectivity index (χ4n) is 3.14. The summed E-state index contributed by atoms with van der Waals surface area (Å²) < 4.78 is 20.4. The highest BCUT2D eigenvalue weighted by Crippen LogP contribution is 2.52. The molecule has 5 heteroatoms. The molecule has 0 aliphatic carbocycles. The Labute approximate surface area is 126 Å². The maximum absolute atomic E-state index is 15.3. The van der Waals surface area contributed by atoms with Gasteiger partial charge < -0.3 is 4.74 Å². The van der Waals surface area contributed by atoms with Crippen molar-refractivity contribution in [2.24, 2.45) is 0 Å². The molecule has 2 aliphatic heterocycles. The highest BCUT2D eigenvalue weighted by molar-refractivity contribution is 6.08. The highest BCUT2D eigenvalue weighted by Gasteiger charge is 2.61. The number of ether oxygens (including phenoxy) is 1. The predicted molar refractivity (Wildman–Crippen MR) is 77.0 cm³/mol. The van der Waals surface area contributed by atoms with Crippen LogP contribution >= 0.6 is 0 Å². The van der Waals surface area contributed by atoms with Crippen LogP contribution in [0.3, 0.4) is 0 Å². The number of alkyl halides is 1. The summed E-state index contributed by atoms with van der Waals surface area (Å²) in [6, 6.07) is 15.3. The standard InChI is InChI=1S/C17H12FNO3/c18-17-10-14(20)22-16(17)19(13-9-5-4-8-12(13)17)15(21)11-6-2-1-3-7-11/h1-9,16H,10H2/t16-,17+/m0/s1. The van der Waals surface area contributed by atoms with Crippen molar-refractivity contribution in [3.8, 4) is 0 Å². The Kier molecular flexibility index (Phi) is 2.60. The molecule has 2 atom stereocenters. The minimum atomic E-state index is -1.97. The van der Waals surface area contributed by atoms with E-state index in [2.05, 4.69) is 0 Å². The molecule has 1 fully saturated rings. The van der Waals surface area contributed by atoms with Crippen molar-refractivity contribution in [3.05, 3.63) is 65.7 Å². The third-order valence-corrected chi connectivity index (χ3v) is 4.12. The van der Waals surface area contributed by atoms with Crippen molar-refractivity contribution >= 4 is 17.6 Å². The van der Waals surface area contributed by atoms with Crippen molar-refractivity contribution in [2.45, 2.75) is 18.3 Å². The SMILES string of the molecule is O=C1C[C@@]2(F)c3ccccc3N(C(=O)c3ccccc3)[C@H]2O1. The predicted octanol–water partition coefficient (Wildman–Crippen LogP) is 2.78. The summed E-state index contributed by atoms with van der Waals surface area (Å²) in [7, 11) is 0. The van der Waals surface area contributed by atoms with Gasteiger partial charge in [-0.3, -0.25) is 14.5 Å². The van der Waals surface area contributed by atoms with Crippen molar-refractivity contribution in [2.75, 3.05) is 4.90 Å². The van der Waals surface area contributed by atoms with E-state index in [1.54, 1.807) is 54.6 Å². The molecular formula is C17H12FNO3. The van der Waals surface area contributed by atoms with Crippen LogP contribution in [-0.4, -0.2) is 18.1 Å². The third kappa shape index (κ3) is 1.62. The number of carbonyl (C=O) groups is 2. The number of esters is 1. The molecule has 0 radical (unpaired) electrons. The minimum absolute atomic E-state index is 0.329. The van der Waals surface area contributed by atoms with Crippen molar-refractivity contribution in [3.63, 3.8) is 0 Å². The third-order valence-electron chi connectivity index (χ3n) is 4.12. The molecule has 4 rings (SSSR count). The lowest BCUT2D eigenvalue weighted by Crippen LogP contribution is -2.43. The molecule has 0 saturated carbocycles. The first-order chi connectivity index (χ1) is 10.6. The smallest absolute Gasteiger partial charge is 0.311 e. The van der Waals surface area contributed by atoms with E-state index in [1.807, 2.05) is 0 Å². The van der Waals surface area contributed by atoms with Gasteiger partial charge in [0.2, 0.25) is 11.9 Å². The van der Waals surface area contributed by atoms with Crippen molar-refractivity contribution < 1.29 is 18.7 Å². The highest BCUT2D eigenvalue weighted by atomic mass is 19.1. The first-order valence-corrected chi connectivity index (χ1v) is 6.98. The lowest BCUT2D eigenvalue weighted by atomic mass is 9.95. The Morgan fingerprint density at radius 3 is 2.59 bits per heavy atom. The maximum atomic E-state index is 15.3. The van der Waals surface area contributed by atoms with Crippen LogP contribution in [0.5, 0.6) is 0 Å². The zero-order valence-corrected chi connectivity index (χ0v) is 11.5. The number of carbonyl (C=O) groups excluding carboxylic acids is 2. The van der Waals surface area contributed by atoms with E-state index in [-0.39, 0.29) is 12.3 Å². The lowest BCUT2D eigenvalue weighted by molar-refractivity contribution is -0.141. The quantitative estimate of drug-likeness (QED) is 0.760. The van der Waals surface area contributed by atoms with E-state index in [9.17, 15) is 9.59 Å². The van der Waals surface area contributed by atoms with Crippen molar-refractivity contribution in [1.29, 1.82) is 0 Å². The Balaban J connectivity index is 1.86. The van der Waals surface area contributed by atoms with Gasteiger partial charge in [0.1, 0.15) is 0 Å². The minimum Gasteiger partial charge on any atom is -0.437 e. The van der Waals surface area contributed by atoms with Crippen LogP contribution in [0, 0.1) is 0 Å². The molecule has 0 aromatic heterocycles. The molecule has 0 bridgehead atoms. The molecule has 0 unspecified atom stereocenters. The molecule has 2 aromatic rings. The van der Waals surface area contributed by atoms with E-state index < -0.39 is 17.9 Å². The number of fused-ring (bicyclic) bond motifs is 3. The fourth-order valence-corrected chi connectivity index (χ4v) is 3.14. The number of nitrogens with zero attached hydrogens (tertiary/aromatic N) is 1. The van der Waals surface area contributed by atoms with Gasteiger partial charge in [-0.1, -0.05) is 36.4 Å². The molecule has 2 heterocycles. The normalized spacial score (nSPS) is 25.6. The van der Waals surface area contributed by atoms with E-state index in [1.165, 1.54) is 4.90 Å². The number of hydrogen-bond donors (Lipinski definition) is 0. The Morgan fingerprint density at radius 2 is 1.82 bits per heavy atom. The molecule has 2 aromatic carbocycles. The van der Waals surface area contributed by atoms with Crippen LogP contribution < -0.4 is 4.90 Å². The molecule has 0 N–H and O–H groups in total. The van der Waals surface area contributed by atoms with Crippen LogP contribution in [0.2, 0.25) is 0 Å². The number of anilines is 1. The van der Waals surface area contributed by atoms with E-state index in [4.69, 9.17) is 4.74 Å². The average molecular weight is 297 g/mol. The molecular weight excluding hydrogens is 285 g/mol. The zero-order valence-electron chi connectivity index (χ0n) is 11.5. The monoisotopic (exact) mass is 297 g/mol. The van der Waals surface area contributed by atoms with Crippen LogP contribution in [-0.2, 0) is 15.2 Å². The summed E-state index contributed by atoms with van der Waals surface area (Å²) in [6.45, 7) is 0. The summed E-state index contributed by atoms with van der Waals surface area (Å²) in [5.41, 5.74) is -0.769.